The van der Waals surface area contributed by atoms with Crippen LogP contribution in [0, 0.1) is 0 Å². The molecule has 9 nitrogen and oxygen atoms in total. The van der Waals surface area contributed by atoms with Gasteiger partial charge in [0.25, 0.3) is 0 Å². The van der Waals surface area contributed by atoms with Crippen molar-refractivity contribution in [2.24, 2.45) is 0 Å². The summed E-state index contributed by atoms with van der Waals surface area (Å²) in [5.41, 5.74) is 0. The van der Waals surface area contributed by atoms with E-state index in [-0.39, 0.29) is 26.1 Å². The molecule has 0 aromatic heterocycles. The maximum atomic E-state index is 12.2. The first kappa shape index (κ1) is 30.8. The van der Waals surface area contributed by atoms with Gasteiger partial charge in [-0.15, -0.1) is 6.58 Å². The third kappa shape index (κ3) is 19.4. The number of rotatable bonds is 20. The van der Waals surface area contributed by atoms with E-state index in [1.165, 1.54) is 0 Å². The van der Waals surface area contributed by atoms with Crippen molar-refractivity contribution in [2.45, 2.75) is 70.8 Å². The van der Waals surface area contributed by atoms with Gasteiger partial charge in [0.15, 0.2) is 6.10 Å². The highest BCUT2D eigenvalue weighted by Crippen LogP contribution is 2.43. The molecular weight excluding hydrogens is 437 g/mol. The van der Waals surface area contributed by atoms with E-state index in [1.807, 2.05) is 34.1 Å². The van der Waals surface area contributed by atoms with Crippen molar-refractivity contribution >= 4 is 19.8 Å². The van der Waals surface area contributed by atoms with Crippen LogP contribution in [0.4, 0.5) is 0 Å². The van der Waals surface area contributed by atoms with Gasteiger partial charge >= 0.3 is 19.8 Å². The fourth-order valence-electron chi connectivity index (χ4n) is 2.56. The first-order valence-electron chi connectivity index (χ1n) is 11.4. The average molecular weight is 481 g/mol. The molecule has 0 amide bonds. The average Bonchev–Trinajstić information content (AvgIpc) is 2.68. The predicted molar refractivity (Wildman–Crippen MR) is 123 cm³/mol. The summed E-state index contributed by atoms with van der Waals surface area (Å²) in [5.74, 6) is -0.894. The Morgan fingerprint density at radius 3 is 2.28 bits per heavy atom. The molecule has 0 aromatic rings. The lowest BCUT2D eigenvalue weighted by Gasteiger charge is -2.24. The number of phosphoric acid groups is 1. The number of quaternary nitrogens is 1. The molecule has 0 aromatic carbocycles. The standard InChI is InChI=1S/C22H42NO8P/c1-6-8-9-10-11-12-13-15-22(25)31-20(18-28-21(24)14-7-2)19-30-32(26,27)29-17-16-23(3,4)5/h6,20H,1,7-19H2,2-5H3/p+1/t20-/m0/s1. The topological polar surface area (TPSA) is 108 Å². The lowest BCUT2D eigenvalue weighted by atomic mass is 10.1. The highest BCUT2D eigenvalue weighted by molar-refractivity contribution is 7.47. The number of ether oxygens (including phenoxy) is 2. The Labute approximate surface area is 193 Å². The Balaban J connectivity index is 4.53. The summed E-state index contributed by atoms with van der Waals surface area (Å²) in [6.45, 7) is 5.41. The van der Waals surface area contributed by atoms with Gasteiger partial charge in [-0.25, -0.2) is 4.57 Å². The van der Waals surface area contributed by atoms with Crippen LogP contribution in [0.5, 0.6) is 0 Å². The van der Waals surface area contributed by atoms with Crippen LogP contribution in [0.2, 0.25) is 0 Å². The first-order valence-corrected chi connectivity index (χ1v) is 12.9. The largest absolute Gasteiger partial charge is 0.472 e. The molecule has 0 radical (unpaired) electrons. The summed E-state index contributed by atoms with van der Waals surface area (Å²) in [5, 5.41) is 0. The number of esters is 2. The third-order valence-electron chi connectivity index (χ3n) is 4.41. The van der Waals surface area contributed by atoms with E-state index in [4.69, 9.17) is 18.5 Å². The molecule has 0 aliphatic heterocycles. The highest BCUT2D eigenvalue weighted by atomic mass is 31.2. The van der Waals surface area contributed by atoms with Gasteiger partial charge in [0.05, 0.1) is 27.7 Å². The van der Waals surface area contributed by atoms with Crippen molar-refractivity contribution in [1.82, 2.24) is 0 Å². The van der Waals surface area contributed by atoms with Crippen molar-refractivity contribution in [1.29, 1.82) is 0 Å². The van der Waals surface area contributed by atoms with Gasteiger partial charge in [0.2, 0.25) is 0 Å². The molecule has 0 aliphatic rings. The van der Waals surface area contributed by atoms with Crippen LogP contribution >= 0.6 is 7.82 Å². The van der Waals surface area contributed by atoms with E-state index in [0.717, 1.165) is 32.1 Å². The van der Waals surface area contributed by atoms with E-state index in [9.17, 15) is 19.0 Å². The highest BCUT2D eigenvalue weighted by Gasteiger charge is 2.26. The minimum absolute atomic E-state index is 0.0278. The summed E-state index contributed by atoms with van der Waals surface area (Å²) in [4.78, 5) is 33.7. The number of phosphoric ester groups is 1. The second-order valence-electron chi connectivity index (χ2n) is 8.75. The fraction of sp³-hybridized carbons (Fsp3) is 0.818. The number of allylic oxidation sites excluding steroid dienone is 1. The molecule has 0 bridgehead atoms. The molecular formula is C22H43NO8P+. The van der Waals surface area contributed by atoms with Crippen LogP contribution in [0.1, 0.15) is 64.7 Å². The van der Waals surface area contributed by atoms with Gasteiger partial charge in [-0.2, -0.15) is 0 Å². The maximum Gasteiger partial charge on any atom is 0.472 e. The molecule has 0 spiro atoms. The molecule has 1 N–H and O–H groups in total. The second-order valence-corrected chi connectivity index (χ2v) is 10.2. The van der Waals surface area contributed by atoms with Gasteiger partial charge in [0.1, 0.15) is 19.8 Å². The van der Waals surface area contributed by atoms with Crippen LogP contribution < -0.4 is 0 Å². The zero-order valence-electron chi connectivity index (χ0n) is 20.3. The van der Waals surface area contributed by atoms with Crippen molar-refractivity contribution < 1.29 is 42.1 Å². The molecule has 0 rings (SSSR count). The summed E-state index contributed by atoms with van der Waals surface area (Å²) in [6, 6.07) is 0. The first-order chi connectivity index (χ1) is 15.0. The molecule has 32 heavy (non-hydrogen) atoms. The maximum absolute atomic E-state index is 12.2. The van der Waals surface area contributed by atoms with Crippen LogP contribution in [0.25, 0.3) is 0 Å². The molecule has 0 saturated heterocycles. The SMILES string of the molecule is C=CCCCCCCCC(=O)O[C@@H](COC(=O)CCC)COP(=O)(O)OCC[N+](C)(C)C. The lowest BCUT2D eigenvalue weighted by Crippen LogP contribution is -2.37. The van der Waals surface area contributed by atoms with E-state index in [2.05, 4.69) is 6.58 Å². The van der Waals surface area contributed by atoms with E-state index < -0.39 is 32.5 Å². The van der Waals surface area contributed by atoms with Gasteiger partial charge < -0.3 is 18.9 Å². The molecule has 2 atom stereocenters. The Bertz CT molecular complexity index is 591. The smallest absolute Gasteiger partial charge is 0.462 e. The molecule has 188 valence electrons. The fourth-order valence-corrected chi connectivity index (χ4v) is 3.30. The van der Waals surface area contributed by atoms with Crippen molar-refractivity contribution in [3.63, 3.8) is 0 Å². The molecule has 0 aliphatic carbocycles. The van der Waals surface area contributed by atoms with Gasteiger partial charge in [-0.05, 0) is 25.7 Å². The van der Waals surface area contributed by atoms with Gasteiger partial charge in [-0.1, -0.05) is 32.3 Å². The molecule has 0 saturated carbocycles. The van der Waals surface area contributed by atoms with Crippen LogP contribution in [0.3, 0.4) is 0 Å². The lowest BCUT2D eigenvalue weighted by molar-refractivity contribution is -0.870. The monoisotopic (exact) mass is 480 g/mol. The van der Waals surface area contributed by atoms with E-state index in [0.29, 0.717) is 23.9 Å². The number of hydrogen-bond donors (Lipinski definition) is 1. The summed E-state index contributed by atoms with van der Waals surface area (Å²) in [6.07, 6.45) is 7.78. The molecule has 0 fully saturated rings. The predicted octanol–water partition coefficient (Wildman–Crippen LogP) is 4.00. The number of hydrogen-bond acceptors (Lipinski definition) is 7. The number of nitrogens with zero attached hydrogens (tertiary/aromatic N) is 1. The number of carbonyl (C=O) groups is 2. The summed E-state index contributed by atoms with van der Waals surface area (Å²) < 4.78 is 33.0. The molecule has 0 heterocycles. The Morgan fingerprint density at radius 1 is 1.00 bits per heavy atom. The van der Waals surface area contributed by atoms with Crippen LogP contribution in [-0.4, -0.2) is 74.9 Å². The van der Waals surface area contributed by atoms with Crippen molar-refractivity contribution in [3.8, 4) is 0 Å². The quantitative estimate of drug-likeness (QED) is 0.0916. The minimum atomic E-state index is -4.32. The van der Waals surface area contributed by atoms with Crippen LogP contribution in [-0.2, 0) is 32.7 Å². The Kier molecular flexibility index (Phi) is 16.6. The third-order valence-corrected chi connectivity index (χ3v) is 5.40. The van der Waals surface area contributed by atoms with Gasteiger partial charge in [0, 0.05) is 12.8 Å². The zero-order chi connectivity index (χ0) is 24.5. The number of unbranched alkanes of at least 4 members (excludes halogenated alkanes) is 5. The number of carbonyl (C=O) groups excluding carboxylic acids is 2. The Morgan fingerprint density at radius 2 is 1.66 bits per heavy atom. The van der Waals surface area contributed by atoms with Gasteiger partial charge in [-0.3, -0.25) is 18.6 Å². The zero-order valence-corrected chi connectivity index (χ0v) is 21.1. The van der Waals surface area contributed by atoms with E-state index in [1.54, 1.807) is 0 Å². The minimum Gasteiger partial charge on any atom is -0.462 e. The second kappa shape index (κ2) is 17.3. The summed E-state index contributed by atoms with van der Waals surface area (Å²) in [7, 11) is 1.45. The van der Waals surface area contributed by atoms with Crippen molar-refractivity contribution in [3.05, 3.63) is 12.7 Å². The summed E-state index contributed by atoms with van der Waals surface area (Å²) >= 11 is 0. The normalized spacial score (nSPS) is 14.4. The van der Waals surface area contributed by atoms with Crippen molar-refractivity contribution in [2.75, 3.05) is 47.5 Å². The van der Waals surface area contributed by atoms with E-state index >= 15 is 0 Å². The Hall–Kier alpha value is -1.25. The molecule has 10 heteroatoms. The number of likely N-dealkylation sites (N-methyl/N-ethyl adjacent to an activating group) is 1. The molecule has 1 unspecified atom stereocenters. The van der Waals surface area contributed by atoms with Crippen LogP contribution in [0.15, 0.2) is 12.7 Å².